The molecule has 182 valence electrons. The summed E-state index contributed by atoms with van der Waals surface area (Å²) in [5, 5.41) is 21.7. The molecule has 0 radical (unpaired) electrons. The first kappa shape index (κ1) is 24.5. The van der Waals surface area contributed by atoms with Gasteiger partial charge in [-0.2, -0.15) is 0 Å². The molecular weight excluding hydrogens is 392 g/mol. The van der Waals surface area contributed by atoms with Crippen molar-refractivity contribution in [3.8, 4) is 0 Å². The predicted octanol–water partition coefficient (Wildman–Crippen LogP) is 7.31. The predicted molar refractivity (Wildman–Crippen MR) is 134 cm³/mol. The molecule has 0 aromatic rings. The second-order valence-electron chi connectivity index (χ2n) is 13.3. The van der Waals surface area contributed by atoms with Gasteiger partial charge in [0.1, 0.15) is 0 Å². The summed E-state index contributed by atoms with van der Waals surface area (Å²) in [4.78, 5) is 0. The molecule has 0 bridgehead atoms. The Hall–Kier alpha value is -0.600. The van der Waals surface area contributed by atoms with E-state index >= 15 is 0 Å². The van der Waals surface area contributed by atoms with Crippen LogP contribution in [0.1, 0.15) is 106 Å². The van der Waals surface area contributed by atoms with E-state index in [9.17, 15) is 10.2 Å². The Morgan fingerprint density at radius 3 is 2.34 bits per heavy atom. The Bertz CT molecular complexity index is 780. The third-order valence-corrected chi connectivity index (χ3v) is 11.9. The molecule has 32 heavy (non-hydrogen) atoms. The molecule has 0 heterocycles. The Balaban J connectivity index is 1.63. The van der Waals surface area contributed by atoms with Crippen LogP contribution in [0.5, 0.6) is 0 Å². The van der Waals surface area contributed by atoms with Crippen molar-refractivity contribution in [3.63, 3.8) is 0 Å². The van der Waals surface area contributed by atoms with Gasteiger partial charge >= 0.3 is 0 Å². The summed E-state index contributed by atoms with van der Waals surface area (Å²) >= 11 is 0. The first-order valence-electron chi connectivity index (χ1n) is 13.6. The van der Waals surface area contributed by atoms with Gasteiger partial charge in [0.2, 0.25) is 0 Å². The molecule has 0 aliphatic heterocycles. The van der Waals surface area contributed by atoms with E-state index in [0.29, 0.717) is 29.6 Å². The number of rotatable bonds is 5. The zero-order chi connectivity index (χ0) is 23.6. The lowest BCUT2D eigenvalue weighted by Crippen LogP contribution is -2.52. The maximum Gasteiger partial charge on any atom is 0.0605 e. The van der Waals surface area contributed by atoms with E-state index in [1.807, 2.05) is 0 Å². The standard InChI is InChI=1S/C30H50O2/c1-18(2)19(3)17-27(32)21(5)23-11-15-30(8)25-10-9-22-20(4)26(31)13-14-28(22,6)24(25)12-16-29(23,30)7/h18,20-23,26-27,31-32H,3,9-17H2,1-2,4-8H3/t20-,21-,22-,23+,26+,27+,28-,29+,30-/m0/s1. The fourth-order valence-electron chi connectivity index (χ4n) is 9.14. The quantitative estimate of drug-likeness (QED) is 0.438. The number of hydrogen-bond donors (Lipinski definition) is 2. The monoisotopic (exact) mass is 442 g/mol. The normalized spacial score (nSPS) is 45.8. The SMILES string of the molecule is C=C(C[C@@H](O)[C@@H](C)[C@H]1CC[C@@]2(C)C3=C(CC[C@]12C)[C@@]1(C)CC[C@@H](O)[C@@H](C)[C@@H]1CC3)C(C)C. The molecule has 0 unspecified atom stereocenters. The smallest absolute Gasteiger partial charge is 0.0605 e. The zero-order valence-corrected chi connectivity index (χ0v) is 22.0. The van der Waals surface area contributed by atoms with Crippen molar-refractivity contribution < 1.29 is 10.2 Å². The van der Waals surface area contributed by atoms with Crippen molar-refractivity contribution >= 4 is 0 Å². The van der Waals surface area contributed by atoms with E-state index in [1.165, 1.54) is 44.1 Å². The van der Waals surface area contributed by atoms with Gasteiger partial charge in [0.15, 0.2) is 0 Å². The second-order valence-corrected chi connectivity index (χ2v) is 13.3. The van der Waals surface area contributed by atoms with Gasteiger partial charge in [-0.1, -0.05) is 71.8 Å². The van der Waals surface area contributed by atoms with Crippen LogP contribution >= 0.6 is 0 Å². The van der Waals surface area contributed by atoms with E-state index in [4.69, 9.17) is 0 Å². The molecular formula is C30H50O2. The molecule has 2 fully saturated rings. The van der Waals surface area contributed by atoms with Crippen LogP contribution in [0.4, 0.5) is 0 Å². The second kappa shape index (κ2) is 8.26. The summed E-state index contributed by atoms with van der Waals surface area (Å²) in [6.07, 6.45) is 9.95. The van der Waals surface area contributed by atoms with Crippen LogP contribution < -0.4 is 0 Å². The van der Waals surface area contributed by atoms with Crippen molar-refractivity contribution in [1.29, 1.82) is 0 Å². The Morgan fingerprint density at radius 2 is 1.69 bits per heavy atom. The Labute approximate surface area is 198 Å². The summed E-state index contributed by atoms with van der Waals surface area (Å²) in [7, 11) is 0. The highest BCUT2D eigenvalue weighted by atomic mass is 16.3. The summed E-state index contributed by atoms with van der Waals surface area (Å²) in [5.41, 5.74) is 5.59. The lowest BCUT2D eigenvalue weighted by molar-refractivity contribution is -0.0460. The van der Waals surface area contributed by atoms with Crippen LogP contribution in [0.25, 0.3) is 0 Å². The topological polar surface area (TPSA) is 40.5 Å². The van der Waals surface area contributed by atoms with Crippen molar-refractivity contribution in [3.05, 3.63) is 23.3 Å². The van der Waals surface area contributed by atoms with Gasteiger partial charge in [0.05, 0.1) is 12.2 Å². The number of hydrogen-bond acceptors (Lipinski definition) is 2. The molecule has 9 atom stereocenters. The van der Waals surface area contributed by atoms with Crippen molar-refractivity contribution in [1.82, 2.24) is 0 Å². The van der Waals surface area contributed by atoms with Crippen LogP contribution in [0, 0.1) is 45.8 Å². The first-order chi connectivity index (χ1) is 14.9. The average Bonchev–Trinajstić information content (AvgIpc) is 3.01. The van der Waals surface area contributed by atoms with Crippen LogP contribution in [0.3, 0.4) is 0 Å². The molecule has 4 aliphatic carbocycles. The van der Waals surface area contributed by atoms with E-state index in [2.05, 4.69) is 55.0 Å². The van der Waals surface area contributed by atoms with Gasteiger partial charge in [-0.15, -0.1) is 0 Å². The van der Waals surface area contributed by atoms with Crippen LogP contribution in [-0.2, 0) is 0 Å². The van der Waals surface area contributed by atoms with E-state index < -0.39 is 0 Å². The number of aliphatic hydroxyl groups excluding tert-OH is 2. The molecule has 4 aliphatic rings. The molecule has 2 heteroatoms. The molecule has 0 amide bonds. The maximum atomic E-state index is 11.2. The molecule has 4 rings (SSSR count). The Kier molecular flexibility index (Phi) is 6.33. The molecule has 0 aromatic carbocycles. The average molecular weight is 443 g/mol. The minimum Gasteiger partial charge on any atom is -0.393 e. The first-order valence-corrected chi connectivity index (χ1v) is 13.6. The van der Waals surface area contributed by atoms with Gasteiger partial charge in [0.25, 0.3) is 0 Å². The van der Waals surface area contributed by atoms with Crippen molar-refractivity contribution in [2.75, 3.05) is 0 Å². The minimum atomic E-state index is -0.279. The van der Waals surface area contributed by atoms with E-state index in [0.717, 1.165) is 19.3 Å². The van der Waals surface area contributed by atoms with Gasteiger partial charge in [0, 0.05) is 0 Å². The minimum absolute atomic E-state index is 0.113. The molecule has 2 saturated carbocycles. The third-order valence-electron chi connectivity index (χ3n) is 11.9. The molecule has 2 nitrogen and oxygen atoms in total. The van der Waals surface area contributed by atoms with Crippen LogP contribution in [-0.4, -0.2) is 22.4 Å². The molecule has 0 spiro atoms. The largest absolute Gasteiger partial charge is 0.393 e. The highest BCUT2D eigenvalue weighted by molar-refractivity contribution is 5.38. The third kappa shape index (κ3) is 3.41. The van der Waals surface area contributed by atoms with Gasteiger partial charge in [-0.05, 0) is 104 Å². The summed E-state index contributed by atoms with van der Waals surface area (Å²) < 4.78 is 0. The number of aliphatic hydroxyl groups is 2. The Morgan fingerprint density at radius 1 is 1.00 bits per heavy atom. The number of fused-ring (bicyclic) bond motifs is 4. The van der Waals surface area contributed by atoms with Crippen molar-refractivity contribution in [2.24, 2.45) is 45.8 Å². The van der Waals surface area contributed by atoms with Gasteiger partial charge in [-0.25, -0.2) is 0 Å². The van der Waals surface area contributed by atoms with Crippen LogP contribution in [0.2, 0.25) is 0 Å². The molecule has 2 N–H and O–H groups in total. The lowest BCUT2D eigenvalue weighted by atomic mass is 9.45. The summed E-state index contributed by atoms with van der Waals surface area (Å²) in [6, 6.07) is 0. The fraction of sp³-hybridized carbons (Fsp3) is 0.867. The van der Waals surface area contributed by atoms with Gasteiger partial charge < -0.3 is 10.2 Å². The van der Waals surface area contributed by atoms with E-state index in [-0.39, 0.29) is 28.5 Å². The number of allylic oxidation sites excluding steroid dienone is 2. The van der Waals surface area contributed by atoms with Crippen LogP contribution in [0.15, 0.2) is 23.3 Å². The fourth-order valence-corrected chi connectivity index (χ4v) is 9.14. The summed E-state index contributed by atoms with van der Waals surface area (Å²) in [6.45, 7) is 20.9. The zero-order valence-electron chi connectivity index (χ0n) is 22.0. The van der Waals surface area contributed by atoms with E-state index in [1.54, 1.807) is 11.1 Å². The highest BCUT2D eigenvalue weighted by Crippen LogP contribution is 2.71. The maximum absolute atomic E-state index is 11.2. The lowest BCUT2D eigenvalue weighted by Gasteiger charge is -2.60. The van der Waals surface area contributed by atoms with Crippen molar-refractivity contribution in [2.45, 2.75) is 118 Å². The molecule has 0 aromatic heterocycles. The molecule has 0 saturated heterocycles. The summed E-state index contributed by atoms with van der Waals surface area (Å²) in [5.74, 6) is 2.39. The highest BCUT2D eigenvalue weighted by Gasteiger charge is 2.62. The van der Waals surface area contributed by atoms with Gasteiger partial charge in [-0.3, -0.25) is 0 Å².